The van der Waals surface area contributed by atoms with Gasteiger partial charge in [-0.2, -0.15) is 0 Å². The molecule has 2 heterocycles. The van der Waals surface area contributed by atoms with E-state index < -0.39 is 10.0 Å². The maximum atomic E-state index is 11.6. The minimum atomic E-state index is -3.14. The van der Waals surface area contributed by atoms with E-state index in [9.17, 15) is 8.42 Å². The molecule has 0 bridgehead atoms. The highest BCUT2D eigenvalue weighted by atomic mass is 32.2. The number of pyridine rings is 1. The standard InChI is InChI=1S/C16H25N3O2S/c1-3-12-4-7-14(17-8-12)9-19-10-15(13-5-6-13)16(11-19)18-22(2,20)21/h4,7-8,13,15-16,18H,3,5-6,9-11H2,1-2H3/t15-,16+/m1/s1. The molecule has 1 N–H and O–H groups in total. The molecule has 6 heteroatoms. The number of likely N-dealkylation sites (tertiary alicyclic amines) is 1. The number of sulfonamides is 1. The first-order chi connectivity index (χ1) is 10.4. The second kappa shape index (κ2) is 6.26. The normalized spacial score (nSPS) is 26.5. The Bertz CT molecular complexity index is 611. The lowest BCUT2D eigenvalue weighted by Gasteiger charge is -2.17. The monoisotopic (exact) mass is 323 g/mol. The number of aryl methyl sites for hydroxylation is 1. The minimum absolute atomic E-state index is 0.0532. The lowest BCUT2D eigenvalue weighted by atomic mass is 9.99. The third-order valence-corrected chi connectivity index (χ3v) is 5.44. The van der Waals surface area contributed by atoms with Gasteiger partial charge in [-0.1, -0.05) is 13.0 Å². The molecule has 0 amide bonds. The van der Waals surface area contributed by atoms with Crippen molar-refractivity contribution in [3.8, 4) is 0 Å². The molecule has 122 valence electrons. The van der Waals surface area contributed by atoms with Crippen molar-refractivity contribution in [3.05, 3.63) is 29.6 Å². The number of aromatic nitrogens is 1. The molecule has 5 nitrogen and oxygen atoms in total. The molecule has 1 aliphatic heterocycles. The van der Waals surface area contributed by atoms with E-state index in [1.165, 1.54) is 24.7 Å². The van der Waals surface area contributed by atoms with Gasteiger partial charge in [0.15, 0.2) is 0 Å². The average Bonchev–Trinajstić information content (AvgIpc) is 3.22. The number of hydrogen-bond acceptors (Lipinski definition) is 4. The van der Waals surface area contributed by atoms with E-state index in [1.807, 2.05) is 6.20 Å². The Hall–Kier alpha value is -0.980. The van der Waals surface area contributed by atoms with Gasteiger partial charge in [0, 0.05) is 31.9 Å². The third kappa shape index (κ3) is 4.06. The van der Waals surface area contributed by atoms with Gasteiger partial charge in [0.25, 0.3) is 0 Å². The van der Waals surface area contributed by atoms with E-state index in [2.05, 4.69) is 33.7 Å². The average molecular weight is 323 g/mol. The Morgan fingerprint density at radius 2 is 2.09 bits per heavy atom. The number of rotatable bonds is 6. The van der Waals surface area contributed by atoms with E-state index >= 15 is 0 Å². The first-order valence-electron chi connectivity index (χ1n) is 8.08. The van der Waals surface area contributed by atoms with Crippen molar-refractivity contribution in [1.82, 2.24) is 14.6 Å². The van der Waals surface area contributed by atoms with Gasteiger partial charge in [0.2, 0.25) is 10.0 Å². The Labute approximate surface area is 133 Å². The van der Waals surface area contributed by atoms with Crippen LogP contribution in [0.2, 0.25) is 0 Å². The lowest BCUT2D eigenvalue weighted by Crippen LogP contribution is -2.40. The fraction of sp³-hybridized carbons (Fsp3) is 0.688. The molecule has 2 fully saturated rings. The molecule has 0 radical (unpaired) electrons. The lowest BCUT2D eigenvalue weighted by molar-refractivity contribution is 0.306. The zero-order valence-corrected chi connectivity index (χ0v) is 14.1. The molecule has 1 saturated heterocycles. The molecule has 2 aliphatic rings. The van der Waals surface area contributed by atoms with Crippen molar-refractivity contribution >= 4 is 10.0 Å². The number of nitrogens with zero attached hydrogens (tertiary/aromatic N) is 2. The Morgan fingerprint density at radius 3 is 2.64 bits per heavy atom. The zero-order valence-electron chi connectivity index (χ0n) is 13.3. The summed E-state index contributed by atoms with van der Waals surface area (Å²) in [5.74, 6) is 1.14. The quantitative estimate of drug-likeness (QED) is 0.860. The summed E-state index contributed by atoms with van der Waals surface area (Å²) in [6, 6.07) is 4.27. The molecule has 1 aromatic heterocycles. The molecule has 0 aromatic carbocycles. The fourth-order valence-corrected chi connectivity index (χ4v) is 4.23. The summed E-state index contributed by atoms with van der Waals surface area (Å²) in [4.78, 5) is 6.85. The molecule has 1 aromatic rings. The van der Waals surface area contributed by atoms with E-state index in [4.69, 9.17) is 0 Å². The van der Waals surface area contributed by atoms with Crippen LogP contribution in [0.5, 0.6) is 0 Å². The molecule has 1 saturated carbocycles. The highest BCUT2D eigenvalue weighted by Gasteiger charge is 2.43. The second-order valence-corrected chi connectivity index (χ2v) is 8.48. The van der Waals surface area contributed by atoms with Gasteiger partial charge >= 0.3 is 0 Å². The maximum absolute atomic E-state index is 11.6. The summed E-state index contributed by atoms with van der Waals surface area (Å²) in [6.07, 6.45) is 6.68. The summed E-state index contributed by atoms with van der Waals surface area (Å²) in [7, 11) is -3.14. The van der Waals surface area contributed by atoms with Crippen LogP contribution < -0.4 is 4.72 Å². The van der Waals surface area contributed by atoms with Crippen LogP contribution in [0, 0.1) is 11.8 Å². The van der Waals surface area contributed by atoms with Crippen LogP contribution in [0.4, 0.5) is 0 Å². The van der Waals surface area contributed by atoms with Gasteiger partial charge in [-0.15, -0.1) is 0 Å². The van der Waals surface area contributed by atoms with Crippen LogP contribution in [0.3, 0.4) is 0 Å². The van der Waals surface area contributed by atoms with Gasteiger partial charge < -0.3 is 0 Å². The van der Waals surface area contributed by atoms with Crippen molar-refractivity contribution in [2.75, 3.05) is 19.3 Å². The zero-order chi connectivity index (χ0) is 15.7. The van der Waals surface area contributed by atoms with Crippen molar-refractivity contribution in [3.63, 3.8) is 0 Å². The van der Waals surface area contributed by atoms with Gasteiger partial charge in [0.05, 0.1) is 11.9 Å². The Morgan fingerprint density at radius 1 is 1.32 bits per heavy atom. The van der Waals surface area contributed by atoms with Crippen LogP contribution in [-0.2, 0) is 23.0 Å². The molecule has 3 rings (SSSR count). The maximum Gasteiger partial charge on any atom is 0.209 e. The first-order valence-corrected chi connectivity index (χ1v) is 9.97. The topological polar surface area (TPSA) is 62.3 Å². The predicted octanol–water partition coefficient (Wildman–Crippen LogP) is 1.40. The van der Waals surface area contributed by atoms with Crippen LogP contribution in [0.1, 0.15) is 31.0 Å². The van der Waals surface area contributed by atoms with Gasteiger partial charge in [-0.3, -0.25) is 9.88 Å². The summed E-state index contributed by atoms with van der Waals surface area (Å²) in [6.45, 7) is 4.68. The van der Waals surface area contributed by atoms with Crippen molar-refractivity contribution in [1.29, 1.82) is 0 Å². The Balaban J connectivity index is 1.64. The minimum Gasteiger partial charge on any atom is -0.296 e. The van der Waals surface area contributed by atoms with Crippen LogP contribution >= 0.6 is 0 Å². The molecule has 2 atom stereocenters. The van der Waals surface area contributed by atoms with Crippen molar-refractivity contribution < 1.29 is 8.42 Å². The largest absolute Gasteiger partial charge is 0.296 e. The second-order valence-electron chi connectivity index (χ2n) is 6.70. The van der Waals surface area contributed by atoms with Crippen molar-refractivity contribution in [2.45, 2.75) is 38.8 Å². The molecular weight excluding hydrogens is 298 g/mol. The molecule has 0 spiro atoms. The highest BCUT2D eigenvalue weighted by Crippen LogP contribution is 2.41. The predicted molar refractivity (Wildman–Crippen MR) is 86.9 cm³/mol. The van der Waals surface area contributed by atoms with E-state index in [0.717, 1.165) is 31.7 Å². The van der Waals surface area contributed by atoms with Crippen LogP contribution in [-0.4, -0.2) is 43.7 Å². The molecular formula is C16H25N3O2S. The SMILES string of the molecule is CCc1ccc(CN2C[C@H](NS(C)(=O)=O)[C@@H](C3CC3)C2)nc1. The van der Waals surface area contributed by atoms with Crippen molar-refractivity contribution in [2.24, 2.45) is 11.8 Å². The summed E-state index contributed by atoms with van der Waals surface area (Å²) in [5, 5.41) is 0. The number of hydrogen-bond donors (Lipinski definition) is 1. The van der Waals surface area contributed by atoms with E-state index in [-0.39, 0.29) is 6.04 Å². The summed E-state index contributed by atoms with van der Waals surface area (Å²) < 4.78 is 26.0. The highest BCUT2D eigenvalue weighted by molar-refractivity contribution is 7.88. The Kier molecular flexibility index (Phi) is 4.52. The van der Waals surface area contributed by atoms with Gasteiger partial charge in [-0.05, 0) is 42.7 Å². The fourth-order valence-electron chi connectivity index (χ4n) is 3.43. The van der Waals surface area contributed by atoms with Gasteiger partial charge in [0.1, 0.15) is 0 Å². The van der Waals surface area contributed by atoms with Gasteiger partial charge in [-0.25, -0.2) is 13.1 Å². The smallest absolute Gasteiger partial charge is 0.209 e. The number of nitrogens with one attached hydrogen (secondary N) is 1. The molecule has 0 unspecified atom stereocenters. The third-order valence-electron chi connectivity index (χ3n) is 4.71. The van der Waals surface area contributed by atoms with Crippen LogP contribution in [0.15, 0.2) is 18.3 Å². The van der Waals surface area contributed by atoms with Crippen LogP contribution in [0.25, 0.3) is 0 Å². The summed E-state index contributed by atoms with van der Waals surface area (Å²) >= 11 is 0. The first kappa shape index (κ1) is 15.9. The molecule has 22 heavy (non-hydrogen) atoms. The van der Waals surface area contributed by atoms with E-state index in [0.29, 0.717) is 11.8 Å². The summed E-state index contributed by atoms with van der Waals surface area (Å²) in [5.41, 5.74) is 2.31. The van der Waals surface area contributed by atoms with E-state index in [1.54, 1.807) is 0 Å². The molecule has 1 aliphatic carbocycles.